The van der Waals surface area contributed by atoms with Gasteiger partial charge in [-0.3, -0.25) is 0 Å². The number of anilines is 1. The van der Waals surface area contributed by atoms with Crippen molar-refractivity contribution in [3.8, 4) is 0 Å². The molecule has 21 heavy (non-hydrogen) atoms. The van der Waals surface area contributed by atoms with Crippen LogP contribution in [0.25, 0.3) is 0 Å². The summed E-state index contributed by atoms with van der Waals surface area (Å²) in [6.07, 6.45) is 5.99. The number of nitrogens with zero attached hydrogens (tertiary/aromatic N) is 1. The van der Waals surface area contributed by atoms with Crippen molar-refractivity contribution in [2.24, 2.45) is 17.8 Å². The molecule has 0 radical (unpaired) electrons. The van der Waals surface area contributed by atoms with Crippen LogP contribution in [0.1, 0.15) is 45.1 Å². The fraction of sp³-hybridized carbons (Fsp3) is 0.684. The topological polar surface area (TPSA) is 29.3 Å². The Kier molecular flexibility index (Phi) is 4.00. The molecule has 0 amide bonds. The molecule has 1 aromatic rings. The Morgan fingerprint density at radius 1 is 1.14 bits per heavy atom. The average Bonchev–Trinajstić information content (AvgIpc) is 3.00. The lowest BCUT2D eigenvalue weighted by Gasteiger charge is -2.34. The van der Waals surface area contributed by atoms with Crippen molar-refractivity contribution < 1.29 is 0 Å². The van der Waals surface area contributed by atoms with E-state index in [0.29, 0.717) is 0 Å². The molecule has 2 bridgehead atoms. The SMILES string of the molecule is CN(CC1CC2CCC1C2)CC(C)(C)c1ccc(N)cc1. The summed E-state index contributed by atoms with van der Waals surface area (Å²) in [6, 6.07) is 8.40. The summed E-state index contributed by atoms with van der Waals surface area (Å²) < 4.78 is 0. The molecule has 3 atom stereocenters. The zero-order valence-electron chi connectivity index (χ0n) is 13.8. The number of hydrogen-bond acceptors (Lipinski definition) is 2. The highest BCUT2D eigenvalue weighted by Gasteiger charge is 2.39. The molecule has 2 aliphatic carbocycles. The van der Waals surface area contributed by atoms with Crippen LogP contribution in [0.5, 0.6) is 0 Å². The van der Waals surface area contributed by atoms with E-state index in [4.69, 9.17) is 5.73 Å². The summed E-state index contributed by atoms with van der Waals surface area (Å²) in [5, 5.41) is 0. The number of benzene rings is 1. The lowest BCUT2D eigenvalue weighted by molar-refractivity contribution is 0.193. The third kappa shape index (κ3) is 3.26. The average molecular weight is 286 g/mol. The smallest absolute Gasteiger partial charge is 0.0314 e. The van der Waals surface area contributed by atoms with Gasteiger partial charge in [-0.2, -0.15) is 0 Å². The van der Waals surface area contributed by atoms with Crippen molar-refractivity contribution in [2.75, 3.05) is 25.9 Å². The van der Waals surface area contributed by atoms with Gasteiger partial charge in [-0.1, -0.05) is 32.4 Å². The minimum atomic E-state index is 0.181. The maximum absolute atomic E-state index is 5.80. The van der Waals surface area contributed by atoms with Gasteiger partial charge in [0.05, 0.1) is 0 Å². The van der Waals surface area contributed by atoms with E-state index in [2.05, 4.69) is 37.9 Å². The zero-order valence-corrected chi connectivity index (χ0v) is 13.8. The van der Waals surface area contributed by atoms with E-state index in [-0.39, 0.29) is 5.41 Å². The summed E-state index contributed by atoms with van der Waals surface area (Å²) in [6.45, 7) is 7.08. The van der Waals surface area contributed by atoms with Crippen molar-refractivity contribution in [2.45, 2.75) is 44.9 Å². The minimum Gasteiger partial charge on any atom is -0.399 e. The Hall–Kier alpha value is -1.02. The van der Waals surface area contributed by atoms with Crippen LogP contribution in [-0.4, -0.2) is 25.0 Å². The summed E-state index contributed by atoms with van der Waals surface area (Å²) in [5.74, 6) is 3.03. The van der Waals surface area contributed by atoms with Crippen LogP contribution in [0.4, 0.5) is 5.69 Å². The normalized spacial score (nSPS) is 28.5. The molecule has 0 saturated heterocycles. The van der Waals surface area contributed by atoms with Gasteiger partial charge in [-0.15, -0.1) is 0 Å². The third-order valence-corrected chi connectivity index (χ3v) is 5.79. The highest BCUT2D eigenvalue weighted by Crippen LogP contribution is 2.48. The first-order chi connectivity index (χ1) is 9.94. The first-order valence-electron chi connectivity index (χ1n) is 8.48. The van der Waals surface area contributed by atoms with Crippen molar-refractivity contribution >= 4 is 5.69 Å². The van der Waals surface area contributed by atoms with Crippen molar-refractivity contribution in [3.63, 3.8) is 0 Å². The Bertz CT molecular complexity index is 477. The number of nitrogens with two attached hydrogens (primary N) is 1. The molecule has 3 rings (SSSR count). The van der Waals surface area contributed by atoms with Gasteiger partial charge in [0.2, 0.25) is 0 Å². The second-order valence-corrected chi connectivity index (χ2v) is 8.14. The third-order valence-electron chi connectivity index (χ3n) is 5.79. The maximum Gasteiger partial charge on any atom is 0.0314 e. The molecule has 2 N–H and O–H groups in total. The molecule has 2 aliphatic rings. The first-order valence-corrected chi connectivity index (χ1v) is 8.48. The standard InChI is InChI=1S/C19H30N2/c1-19(2,17-6-8-18(20)9-7-17)13-21(3)12-16-11-14-4-5-15(16)10-14/h6-9,14-16H,4-5,10-13,20H2,1-3H3. The molecule has 2 saturated carbocycles. The fourth-order valence-corrected chi connectivity index (χ4v) is 4.77. The van der Waals surface area contributed by atoms with Crippen LogP contribution in [0.15, 0.2) is 24.3 Å². The van der Waals surface area contributed by atoms with Crippen LogP contribution in [-0.2, 0) is 5.41 Å². The zero-order chi connectivity index (χ0) is 15.0. The van der Waals surface area contributed by atoms with Crippen LogP contribution >= 0.6 is 0 Å². The molecule has 116 valence electrons. The maximum atomic E-state index is 5.80. The molecule has 3 unspecified atom stereocenters. The lowest BCUT2D eigenvalue weighted by Crippen LogP contribution is -2.38. The predicted molar refractivity (Wildman–Crippen MR) is 90.3 cm³/mol. The van der Waals surface area contributed by atoms with Gasteiger partial charge in [-0.05, 0) is 61.8 Å². The highest BCUT2D eigenvalue weighted by molar-refractivity contribution is 5.41. The van der Waals surface area contributed by atoms with Gasteiger partial charge < -0.3 is 10.6 Å². The predicted octanol–water partition coefficient (Wildman–Crippen LogP) is 3.91. The van der Waals surface area contributed by atoms with Crippen molar-refractivity contribution in [1.82, 2.24) is 4.90 Å². The van der Waals surface area contributed by atoms with Gasteiger partial charge in [0.15, 0.2) is 0 Å². The van der Waals surface area contributed by atoms with E-state index in [0.717, 1.165) is 30.0 Å². The number of rotatable bonds is 5. The lowest BCUT2D eigenvalue weighted by atomic mass is 9.83. The minimum absolute atomic E-state index is 0.181. The molecular weight excluding hydrogens is 256 g/mol. The van der Waals surface area contributed by atoms with E-state index in [9.17, 15) is 0 Å². The van der Waals surface area contributed by atoms with Gasteiger partial charge in [0.1, 0.15) is 0 Å². The van der Waals surface area contributed by atoms with Crippen molar-refractivity contribution in [3.05, 3.63) is 29.8 Å². The van der Waals surface area contributed by atoms with E-state index >= 15 is 0 Å². The quantitative estimate of drug-likeness (QED) is 0.831. The largest absolute Gasteiger partial charge is 0.399 e. The summed E-state index contributed by atoms with van der Waals surface area (Å²) in [4.78, 5) is 2.56. The summed E-state index contributed by atoms with van der Waals surface area (Å²) in [5.41, 5.74) is 8.22. The Morgan fingerprint density at radius 3 is 2.43 bits per heavy atom. The van der Waals surface area contributed by atoms with E-state index < -0.39 is 0 Å². The highest BCUT2D eigenvalue weighted by atomic mass is 15.1. The summed E-state index contributed by atoms with van der Waals surface area (Å²) in [7, 11) is 2.30. The van der Waals surface area contributed by atoms with Crippen LogP contribution < -0.4 is 5.73 Å². The monoisotopic (exact) mass is 286 g/mol. The van der Waals surface area contributed by atoms with E-state index in [1.165, 1.54) is 37.8 Å². The molecular formula is C19H30N2. The molecule has 0 aliphatic heterocycles. The van der Waals surface area contributed by atoms with Crippen LogP contribution in [0, 0.1) is 17.8 Å². The second-order valence-electron chi connectivity index (χ2n) is 8.14. The van der Waals surface area contributed by atoms with Crippen molar-refractivity contribution in [1.29, 1.82) is 0 Å². The van der Waals surface area contributed by atoms with Gasteiger partial charge in [-0.25, -0.2) is 0 Å². The first kappa shape index (κ1) is 14.9. The second kappa shape index (κ2) is 5.64. The Morgan fingerprint density at radius 2 is 1.86 bits per heavy atom. The van der Waals surface area contributed by atoms with E-state index in [1.807, 2.05) is 12.1 Å². The number of likely N-dealkylation sites (N-methyl/N-ethyl adjacent to an activating group) is 1. The van der Waals surface area contributed by atoms with Gasteiger partial charge in [0.25, 0.3) is 0 Å². The fourth-order valence-electron chi connectivity index (χ4n) is 4.77. The number of hydrogen-bond donors (Lipinski definition) is 1. The van der Waals surface area contributed by atoms with Crippen LogP contribution in [0.2, 0.25) is 0 Å². The Balaban J connectivity index is 1.58. The van der Waals surface area contributed by atoms with Crippen LogP contribution in [0.3, 0.4) is 0 Å². The number of fused-ring (bicyclic) bond motifs is 2. The molecule has 2 heteroatoms. The van der Waals surface area contributed by atoms with Gasteiger partial charge in [0, 0.05) is 24.2 Å². The summed E-state index contributed by atoms with van der Waals surface area (Å²) >= 11 is 0. The molecule has 1 aromatic carbocycles. The number of nitrogen functional groups attached to an aromatic ring is 1. The molecule has 2 fully saturated rings. The molecule has 0 aromatic heterocycles. The van der Waals surface area contributed by atoms with Gasteiger partial charge >= 0.3 is 0 Å². The molecule has 0 heterocycles. The van der Waals surface area contributed by atoms with E-state index in [1.54, 1.807) is 0 Å². The Labute approximate surface area is 129 Å². The molecule has 2 nitrogen and oxygen atoms in total. The molecule has 0 spiro atoms.